The lowest BCUT2D eigenvalue weighted by Crippen LogP contribution is -2.39. The van der Waals surface area contributed by atoms with Gasteiger partial charge in [-0.3, -0.25) is 14.7 Å². The molecule has 2 rings (SSSR count). The number of ketones is 1. The van der Waals surface area contributed by atoms with E-state index < -0.39 is 12.5 Å². The Morgan fingerprint density at radius 1 is 1.50 bits per heavy atom. The minimum atomic E-state index is -2.56. The monoisotopic (exact) mass is 255 g/mol. The highest BCUT2D eigenvalue weighted by Gasteiger charge is 2.33. The number of hydrogen-bond acceptors (Lipinski definition) is 4. The summed E-state index contributed by atoms with van der Waals surface area (Å²) in [6, 6.07) is 2.58. The summed E-state index contributed by atoms with van der Waals surface area (Å²) < 4.78 is 26.0. The number of Topliss-reactive ketones (excluding diaryl/α,β-unsaturated/α-hetero) is 1. The number of nitrogens with zero attached hydrogens (tertiary/aromatic N) is 2. The van der Waals surface area contributed by atoms with Crippen molar-refractivity contribution in [3.8, 4) is 0 Å². The maximum Gasteiger partial charge on any atom is 0.254 e. The first-order chi connectivity index (χ1) is 8.61. The van der Waals surface area contributed by atoms with Gasteiger partial charge in [0.25, 0.3) is 6.43 Å². The average Bonchev–Trinajstić information content (AvgIpc) is 2.78. The molecule has 1 aliphatic rings. The number of fused-ring (bicyclic) bond motifs is 1. The molecule has 2 N–H and O–H groups in total. The second kappa shape index (κ2) is 5.49. The summed E-state index contributed by atoms with van der Waals surface area (Å²) in [6.07, 6.45) is -1.12. The number of aromatic nitrogens is 1. The molecule has 98 valence electrons. The Morgan fingerprint density at radius 2 is 2.28 bits per heavy atom. The highest BCUT2D eigenvalue weighted by atomic mass is 19.3. The predicted octanol–water partition coefficient (Wildman–Crippen LogP) is 0.949. The molecule has 0 fully saturated rings. The van der Waals surface area contributed by atoms with E-state index in [-0.39, 0.29) is 18.7 Å². The van der Waals surface area contributed by atoms with E-state index in [0.717, 1.165) is 11.3 Å². The lowest BCUT2D eigenvalue weighted by Gasteiger charge is -2.25. The van der Waals surface area contributed by atoms with Crippen LogP contribution in [0.2, 0.25) is 0 Å². The number of halogens is 2. The van der Waals surface area contributed by atoms with Crippen molar-refractivity contribution >= 4 is 5.78 Å². The lowest BCUT2D eigenvalue weighted by atomic mass is 10.1. The molecular weight excluding hydrogens is 240 g/mol. The Balaban J connectivity index is 2.08. The molecule has 0 aromatic carbocycles. The van der Waals surface area contributed by atoms with Crippen molar-refractivity contribution in [2.45, 2.75) is 32.0 Å². The van der Waals surface area contributed by atoms with Gasteiger partial charge in [-0.05, 0) is 11.6 Å². The van der Waals surface area contributed by atoms with Crippen molar-refractivity contribution in [3.63, 3.8) is 0 Å². The Kier molecular flexibility index (Phi) is 3.98. The summed E-state index contributed by atoms with van der Waals surface area (Å²) in [5, 5.41) is 0. The average molecular weight is 255 g/mol. The van der Waals surface area contributed by atoms with Crippen LogP contribution in [0.15, 0.2) is 18.3 Å². The fourth-order valence-electron chi connectivity index (χ4n) is 2.15. The fraction of sp³-hybridized carbons (Fsp3) is 0.500. The number of carbonyl (C=O) groups is 1. The summed E-state index contributed by atoms with van der Waals surface area (Å²) in [5.41, 5.74) is 6.93. The third-order valence-electron chi connectivity index (χ3n) is 3.14. The Hall–Kier alpha value is -1.40. The van der Waals surface area contributed by atoms with Crippen LogP contribution in [0, 0.1) is 0 Å². The maximum atomic E-state index is 13.0. The van der Waals surface area contributed by atoms with Gasteiger partial charge >= 0.3 is 0 Å². The number of alkyl halides is 2. The van der Waals surface area contributed by atoms with E-state index in [0.29, 0.717) is 13.1 Å². The number of nitrogens with two attached hydrogens (primary N) is 1. The van der Waals surface area contributed by atoms with E-state index in [1.165, 1.54) is 0 Å². The minimum Gasteiger partial charge on any atom is -0.324 e. The summed E-state index contributed by atoms with van der Waals surface area (Å²) in [4.78, 5) is 17.0. The topological polar surface area (TPSA) is 59.2 Å². The van der Waals surface area contributed by atoms with Crippen LogP contribution in [-0.4, -0.2) is 34.7 Å². The Labute approximate surface area is 104 Å². The van der Waals surface area contributed by atoms with Crippen LogP contribution in [-0.2, 0) is 17.9 Å². The van der Waals surface area contributed by atoms with Gasteiger partial charge in [-0.15, -0.1) is 0 Å². The zero-order chi connectivity index (χ0) is 13.1. The van der Waals surface area contributed by atoms with Crippen LogP contribution < -0.4 is 5.73 Å². The molecular formula is C12H15F2N3O. The normalized spacial score (nSPS) is 16.9. The van der Waals surface area contributed by atoms with E-state index in [4.69, 9.17) is 5.73 Å². The SMILES string of the molecule is NCC(=O)CC(C(F)F)N1Cc2cccnc2C1. The third-order valence-corrected chi connectivity index (χ3v) is 3.14. The largest absolute Gasteiger partial charge is 0.324 e. The Bertz CT molecular complexity index is 414. The molecule has 0 aliphatic carbocycles. The molecule has 1 aliphatic heterocycles. The molecule has 18 heavy (non-hydrogen) atoms. The molecule has 1 aromatic rings. The molecule has 0 amide bonds. The third kappa shape index (κ3) is 2.70. The zero-order valence-corrected chi connectivity index (χ0v) is 9.85. The summed E-state index contributed by atoms with van der Waals surface area (Å²) in [7, 11) is 0. The summed E-state index contributed by atoms with van der Waals surface area (Å²) in [6.45, 7) is 0.585. The molecule has 1 atom stereocenters. The summed E-state index contributed by atoms with van der Waals surface area (Å²) in [5.74, 6) is -0.343. The first kappa shape index (κ1) is 13.0. The van der Waals surface area contributed by atoms with Gasteiger partial charge in [0.1, 0.15) is 5.78 Å². The van der Waals surface area contributed by atoms with Crippen LogP contribution in [0.5, 0.6) is 0 Å². The van der Waals surface area contributed by atoms with Gasteiger partial charge < -0.3 is 5.73 Å². The molecule has 4 nitrogen and oxygen atoms in total. The zero-order valence-electron chi connectivity index (χ0n) is 9.85. The van der Waals surface area contributed by atoms with Crippen LogP contribution >= 0.6 is 0 Å². The van der Waals surface area contributed by atoms with E-state index in [9.17, 15) is 13.6 Å². The number of pyridine rings is 1. The van der Waals surface area contributed by atoms with E-state index in [1.807, 2.05) is 6.07 Å². The maximum absolute atomic E-state index is 13.0. The van der Waals surface area contributed by atoms with E-state index in [1.54, 1.807) is 17.2 Å². The van der Waals surface area contributed by atoms with Crippen molar-refractivity contribution < 1.29 is 13.6 Å². The predicted molar refractivity (Wildman–Crippen MR) is 62.0 cm³/mol. The minimum absolute atomic E-state index is 0.192. The van der Waals surface area contributed by atoms with Crippen molar-refractivity contribution in [1.82, 2.24) is 9.88 Å². The molecule has 1 aromatic heterocycles. The fourth-order valence-corrected chi connectivity index (χ4v) is 2.15. The smallest absolute Gasteiger partial charge is 0.254 e. The highest BCUT2D eigenvalue weighted by Crippen LogP contribution is 2.26. The van der Waals surface area contributed by atoms with Crippen molar-refractivity contribution in [3.05, 3.63) is 29.6 Å². The van der Waals surface area contributed by atoms with Gasteiger partial charge in [0.15, 0.2) is 0 Å². The molecule has 2 heterocycles. The van der Waals surface area contributed by atoms with E-state index >= 15 is 0 Å². The van der Waals surface area contributed by atoms with Crippen LogP contribution in [0.4, 0.5) is 8.78 Å². The second-order valence-electron chi connectivity index (χ2n) is 4.36. The Morgan fingerprint density at radius 3 is 2.89 bits per heavy atom. The molecule has 1 unspecified atom stereocenters. The van der Waals surface area contributed by atoms with Crippen LogP contribution in [0.3, 0.4) is 0 Å². The van der Waals surface area contributed by atoms with Gasteiger partial charge in [0.05, 0.1) is 18.3 Å². The van der Waals surface area contributed by atoms with E-state index in [2.05, 4.69) is 4.98 Å². The molecule has 0 saturated heterocycles. The van der Waals surface area contributed by atoms with Crippen LogP contribution in [0.1, 0.15) is 17.7 Å². The molecule has 0 bridgehead atoms. The number of hydrogen-bond donors (Lipinski definition) is 1. The summed E-state index contributed by atoms with van der Waals surface area (Å²) >= 11 is 0. The van der Waals surface area contributed by atoms with Gasteiger partial charge in [-0.2, -0.15) is 0 Å². The first-order valence-electron chi connectivity index (χ1n) is 5.78. The van der Waals surface area contributed by atoms with Gasteiger partial charge in [-0.25, -0.2) is 8.78 Å². The quantitative estimate of drug-likeness (QED) is 0.851. The molecule has 0 spiro atoms. The molecule has 6 heteroatoms. The van der Waals surface area contributed by atoms with Gasteiger partial charge in [0.2, 0.25) is 0 Å². The van der Waals surface area contributed by atoms with Crippen molar-refractivity contribution in [2.24, 2.45) is 5.73 Å². The molecule has 0 radical (unpaired) electrons. The molecule has 0 saturated carbocycles. The van der Waals surface area contributed by atoms with Crippen molar-refractivity contribution in [2.75, 3.05) is 6.54 Å². The lowest BCUT2D eigenvalue weighted by molar-refractivity contribution is -0.120. The first-order valence-corrected chi connectivity index (χ1v) is 5.78. The number of rotatable bonds is 5. The second-order valence-corrected chi connectivity index (χ2v) is 4.36. The van der Waals surface area contributed by atoms with Crippen LogP contribution in [0.25, 0.3) is 0 Å². The standard InChI is InChI=1S/C12H15F2N3O/c13-12(14)11(4-9(18)5-15)17-6-8-2-1-3-16-10(8)7-17/h1-3,11-12H,4-7,15H2. The number of carbonyl (C=O) groups excluding carboxylic acids is 1. The van der Waals surface area contributed by atoms with Gasteiger partial charge in [-0.1, -0.05) is 6.07 Å². The van der Waals surface area contributed by atoms with Gasteiger partial charge in [0, 0.05) is 25.7 Å². The van der Waals surface area contributed by atoms with Crippen molar-refractivity contribution in [1.29, 1.82) is 0 Å². The highest BCUT2D eigenvalue weighted by molar-refractivity contribution is 5.80.